The average molecular weight is 411 g/mol. The van der Waals surface area contributed by atoms with Crippen LogP contribution in [0.25, 0.3) is 0 Å². The number of aliphatic hydroxyl groups is 1. The fourth-order valence-electron chi connectivity index (χ4n) is 2.78. The second-order valence-corrected chi connectivity index (χ2v) is 14.1. The highest BCUT2D eigenvalue weighted by molar-refractivity contribution is 6.74. The molecular weight excluding hydrogens is 368 g/mol. The summed E-state index contributed by atoms with van der Waals surface area (Å²) in [6.07, 6.45) is 2.39. The molecule has 0 saturated heterocycles. The van der Waals surface area contributed by atoms with Crippen LogP contribution < -0.4 is 4.74 Å². The Morgan fingerprint density at radius 2 is 1.71 bits per heavy atom. The molecule has 1 aromatic rings. The molecule has 1 N–H and O–H groups in total. The third-order valence-corrected chi connectivity index (χ3v) is 10.5. The number of aliphatic hydroxyl groups excluding tert-OH is 1. The maximum atomic E-state index is 11.0. The lowest BCUT2D eigenvalue weighted by Gasteiger charge is -2.38. The Balaban J connectivity index is 2.66. The van der Waals surface area contributed by atoms with Crippen LogP contribution in [0.5, 0.6) is 5.75 Å². The van der Waals surface area contributed by atoms with Gasteiger partial charge in [-0.2, -0.15) is 0 Å². The van der Waals surface area contributed by atoms with Crippen molar-refractivity contribution in [2.45, 2.75) is 90.8 Å². The lowest BCUT2D eigenvalue weighted by atomic mass is 9.94. The van der Waals surface area contributed by atoms with Crippen LogP contribution in [-0.4, -0.2) is 39.3 Å². The predicted octanol–water partition coefficient (Wildman–Crippen LogP) is 5.79. The van der Waals surface area contributed by atoms with Gasteiger partial charge in [-0.15, -0.1) is 0 Å². The van der Waals surface area contributed by atoms with E-state index < -0.39 is 14.4 Å². The van der Waals surface area contributed by atoms with Crippen molar-refractivity contribution in [1.82, 2.24) is 0 Å². The van der Waals surface area contributed by atoms with E-state index in [1.54, 1.807) is 7.11 Å². The summed E-state index contributed by atoms with van der Waals surface area (Å²) < 4.78 is 17.6. The van der Waals surface area contributed by atoms with E-state index >= 15 is 0 Å². The van der Waals surface area contributed by atoms with Crippen molar-refractivity contribution in [2.75, 3.05) is 13.7 Å². The van der Waals surface area contributed by atoms with Crippen LogP contribution in [0.4, 0.5) is 0 Å². The zero-order valence-corrected chi connectivity index (χ0v) is 20.2. The van der Waals surface area contributed by atoms with E-state index in [1.807, 2.05) is 31.2 Å². The lowest BCUT2D eigenvalue weighted by Crippen LogP contribution is -2.44. The van der Waals surface area contributed by atoms with E-state index in [9.17, 15) is 5.11 Å². The first kappa shape index (κ1) is 25.2. The Kier molecular flexibility index (Phi) is 10.2. The highest BCUT2D eigenvalue weighted by Crippen LogP contribution is 2.37. The van der Waals surface area contributed by atoms with Crippen molar-refractivity contribution in [3.63, 3.8) is 0 Å². The van der Waals surface area contributed by atoms with Crippen LogP contribution >= 0.6 is 0 Å². The van der Waals surface area contributed by atoms with E-state index in [2.05, 4.69) is 40.8 Å². The molecule has 0 aromatic heterocycles. The molecule has 0 spiro atoms. The average Bonchev–Trinajstić information content (AvgIpc) is 2.65. The topological polar surface area (TPSA) is 47.9 Å². The van der Waals surface area contributed by atoms with Crippen LogP contribution in [0, 0.1) is 5.92 Å². The van der Waals surface area contributed by atoms with Gasteiger partial charge in [0.1, 0.15) is 5.75 Å². The summed E-state index contributed by atoms with van der Waals surface area (Å²) in [5, 5.41) is 11.1. The van der Waals surface area contributed by atoms with Crippen molar-refractivity contribution in [3.8, 4) is 5.75 Å². The Morgan fingerprint density at radius 3 is 2.21 bits per heavy atom. The molecule has 0 aliphatic heterocycles. The largest absolute Gasteiger partial charge is 0.497 e. The first-order valence-corrected chi connectivity index (χ1v) is 13.5. The van der Waals surface area contributed by atoms with Crippen LogP contribution in [0.15, 0.2) is 24.3 Å². The van der Waals surface area contributed by atoms with Crippen LogP contribution in [0.1, 0.15) is 59.4 Å². The minimum atomic E-state index is -1.83. The van der Waals surface area contributed by atoms with Gasteiger partial charge in [-0.3, -0.25) is 0 Å². The smallest absolute Gasteiger partial charge is 0.191 e. The van der Waals surface area contributed by atoms with E-state index in [4.69, 9.17) is 13.9 Å². The normalized spacial score (nSPS) is 15.9. The molecule has 5 heteroatoms. The third-order valence-electron chi connectivity index (χ3n) is 6.03. The van der Waals surface area contributed by atoms with Gasteiger partial charge in [-0.05, 0) is 49.2 Å². The standard InChI is InChI=1S/C23H42O4Si/c1-9-10-11-20(17-27-28(7,8)23(3,4)5)22(24)18(2)26-16-19-12-14-21(25-6)15-13-19/h12-15,18,20,22,24H,9-11,16-17H2,1-8H3/t18-,20-,22-/m0/s1. The van der Waals surface area contributed by atoms with E-state index in [0.29, 0.717) is 13.2 Å². The number of methoxy groups -OCH3 is 1. The summed E-state index contributed by atoms with van der Waals surface area (Å²) in [5.74, 6) is 0.930. The lowest BCUT2D eigenvalue weighted by molar-refractivity contribution is -0.0696. The fraction of sp³-hybridized carbons (Fsp3) is 0.739. The number of unbranched alkanes of at least 4 members (excludes halogenated alkanes) is 1. The molecule has 0 aliphatic carbocycles. The van der Waals surface area contributed by atoms with Crippen molar-refractivity contribution in [2.24, 2.45) is 5.92 Å². The van der Waals surface area contributed by atoms with Crippen molar-refractivity contribution < 1.29 is 19.0 Å². The molecule has 3 atom stereocenters. The molecule has 0 unspecified atom stereocenters. The molecule has 162 valence electrons. The van der Waals surface area contributed by atoms with Gasteiger partial charge in [0.05, 0.1) is 25.9 Å². The Hall–Kier alpha value is -0.883. The zero-order chi connectivity index (χ0) is 21.4. The number of benzene rings is 1. The number of ether oxygens (including phenoxy) is 2. The number of hydrogen-bond donors (Lipinski definition) is 1. The molecule has 1 rings (SSSR count). The Bertz CT molecular complexity index is 551. The van der Waals surface area contributed by atoms with Gasteiger partial charge in [0.25, 0.3) is 0 Å². The molecule has 0 bridgehead atoms. The molecule has 0 saturated carbocycles. The van der Waals surface area contributed by atoms with Crippen LogP contribution in [-0.2, 0) is 15.8 Å². The van der Waals surface area contributed by atoms with E-state index in [-0.39, 0.29) is 17.1 Å². The third kappa shape index (κ3) is 7.86. The molecule has 4 nitrogen and oxygen atoms in total. The van der Waals surface area contributed by atoms with Gasteiger partial charge in [-0.25, -0.2) is 0 Å². The molecule has 0 heterocycles. The summed E-state index contributed by atoms with van der Waals surface area (Å²) >= 11 is 0. The molecule has 1 aromatic carbocycles. The summed E-state index contributed by atoms with van der Waals surface area (Å²) in [4.78, 5) is 0. The molecular formula is C23H42O4Si. The first-order chi connectivity index (χ1) is 13.0. The first-order valence-electron chi connectivity index (χ1n) is 10.6. The predicted molar refractivity (Wildman–Crippen MR) is 119 cm³/mol. The molecule has 0 amide bonds. The minimum Gasteiger partial charge on any atom is -0.497 e. The van der Waals surface area contributed by atoms with Crippen LogP contribution in [0.3, 0.4) is 0 Å². The quantitative estimate of drug-likeness (QED) is 0.443. The zero-order valence-electron chi connectivity index (χ0n) is 19.2. The fourth-order valence-corrected chi connectivity index (χ4v) is 3.85. The summed E-state index contributed by atoms with van der Waals surface area (Å²) in [6.45, 7) is 16.5. The Morgan fingerprint density at radius 1 is 1.11 bits per heavy atom. The van der Waals surface area contributed by atoms with Gasteiger partial charge < -0.3 is 19.0 Å². The number of rotatable bonds is 12. The SMILES string of the molecule is CCCC[C@@H](CO[Si](C)(C)C(C)(C)C)[C@@H](O)[C@H](C)OCc1ccc(OC)cc1. The Labute approximate surface area is 173 Å². The number of hydrogen-bond acceptors (Lipinski definition) is 4. The highest BCUT2D eigenvalue weighted by atomic mass is 28.4. The second-order valence-electron chi connectivity index (χ2n) is 9.33. The van der Waals surface area contributed by atoms with Crippen LogP contribution in [0.2, 0.25) is 18.1 Å². The second kappa shape index (κ2) is 11.3. The molecule has 28 heavy (non-hydrogen) atoms. The van der Waals surface area contributed by atoms with Gasteiger partial charge in [0, 0.05) is 12.5 Å². The monoisotopic (exact) mass is 410 g/mol. The van der Waals surface area contributed by atoms with E-state index in [0.717, 1.165) is 30.6 Å². The van der Waals surface area contributed by atoms with Crippen molar-refractivity contribution >= 4 is 8.32 Å². The van der Waals surface area contributed by atoms with Gasteiger partial charge in [0.15, 0.2) is 8.32 Å². The summed E-state index contributed by atoms with van der Waals surface area (Å²) in [7, 11) is -0.173. The maximum Gasteiger partial charge on any atom is 0.191 e. The van der Waals surface area contributed by atoms with Gasteiger partial charge in [-0.1, -0.05) is 52.7 Å². The summed E-state index contributed by atoms with van der Waals surface area (Å²) in [5.41, 5.74) is 1.07. The van der Waals surface area contributed by atoms with Crippen molar-refractivity contribution in [3.05, 3.63) is 29.8 Å². The molecule has 0 fully saturated rings. The highest BCUT2D eigenvalue weighted by Gasteiger charge is 2.38. The van der Waals surface area contributed by atoms with Crippen molar-refractivity contribution in [1.29, 1.82) is 0 Å². The maximum absolute atomic E-state index is 11.0. The summed E-state index contributed by atoms with van der Waals surface area (Å²) in [6, 6.07) is 7.84. The van der Waals surface area contributed by atoms with Gasteiger partial charge >= 0.3 is 0 Å². The molecule has 0 radical (unpaired) electrons. The minimum absolute atomic E-state index is 0.0972. The van der Waals surface area contributed by atoms with E-state index in [1.165, 1.54) is 0 Å². The molecule has 0 aliphatic rings. The van der Waals surface area contributed by atoms with Gasteiger partial charge in [0.2, 0.25) is 0 Å².